The van der Waals surface area contributed by atoms with Gasteiger partial charge in [0.15, 0.2) is 0 Å². The number of hydrogen-bond acceptors (Lipinski definition) is 3. The summed E-state index contributed by atoms with van der Waals surface area (Å²) in [5, 5.41) is 17.6. The van der Waals surface area contributed by atoms with Crippen molar-refractivity contribution < 1.29 is 24.5 Å². The summed E-state index contributed by atoms with van der Waals surface area (Å²) in [5.74, 6) is -2.49. The van der Waals surface area contributed by atoms with Crippen molar-refractivity contribution in [3.8, 4) is 0 Å². The molecule has 5 heteroatoms. The molecule has 2 N–H and O–H groups in total. The minimum atomic E-state index is -1.26. The molecule has 0 aliphatic heterocycles. The van der Waals surface area contributed by atoms with E-state index in [9.17, 15) is 9.59 Å². The summed E-state index contributed by atoms with van der Waals surface area (Å²) in [7, 11) is 1.44. The summed E-state index contributed by atoms with van der Waals surface area (Å²) in [4.78, 5) is 21.5. The van der Waals surface area contributed by atoms with Gasteiger partial charge in [-0.05, 0) is 18.1 Å². The van der Waals surface area contributed by atoms with E-state index >= 15 is 0 Å². The molecule has 0 fully saturated rings. The monoisotopic (exact) mass is 210 g/mol. The van der Waals surface area contributed by atoms with E-state index in [0.717, 1.165) is 0 Å². The summed E-state index contributed by atoms with van der Waals surface area (Å²) in [5.41, 5.74) is 0.215. The first-order valence-corrected chi connectivity index (χ1v) is 4.17. The van der Waals surface area contributed by atoms with Gasteiger partial charge in [-0.25, -0.2) is 9.59 Å². The van der Waals surface area contributed by atoms with Crippen molar-refractivity contribution in [2.45, 2.75) is 6.42 Å². The molecule has 1 aliphatic carbocycles. The van der Waals surface area contributed by atoms with Gasteiger partial charge in [-0.2, -0.15) is 0 Å². The zero-order valence-electron chi connectivity index (χ0n) is 8.06. The Morgan fingerprint density at radius 1 is 1.33 bits per heavy atom. The average molecular weight is 210 g/mol. The second kappa shape index (κ2) is 4.45. The average Bonchev–Trinajstić information content (AvgIpc) is 2.17. The first kappa shape index (κ1) is 11.0. The van der Waals surface area contributed by atoms with Crippen molar-refractivity contribution in [2.24, 2.45) is 0 Å². The molecule has 0 saturated carbocycles. The second-order valence-electron chi connectivity index (χ2n) is 2.92. The molecule has 0 bridgehead atoms. The quantitative estimate of drug-likeness (QED) is 0.677. The Morgan fingerprint density at radius 2 is 1.93 bits per heavy atom. The molecule has 0 aromatic carbocycles. The molecule has 0 radical (unpaired) electrons. The van der Waals surface area contributed by atoms with E-state index in [-0.39, 0.29) is 11.1 Å². The maximum atomic E-state index is 10.8. The second-order valence-corrected chi connectivity index (χ2v) is 2.92. The molecule has 0 aromatic rings. The first-order valence-electron chi connectivity index (χ1n) is 4.17. The lowest BCUT2D eigenvalue weighted by Gasteiger charge is -2.10. The highest BCUT2D eigenvalue weighted by atomic mass is 16.5. The van der Waals surface area contributed by atoms with Crippen LogP contribution in [-0.2, 0) is 14.3 Å². The van der Waals surface area contributed by atoms with E-state index in [1.807, 2.05) is 0 Å². The number of aliphatic carboxylic acids is 2. The third kappa shape index (κ3) is 2.46. The predicted octanol–water partition coefficient (Wildman–Crippen LogP) is 0.942. The Morgan fingerprint density at radius 3 is 2.40 bits per heavy atom. The van der Waals surface area contributed by atoms with E-state index in [0.29, 0.717) is 12.0 Å². The first-order chi connectivity index (χ1) is 7.06. The Balaban J connectivity index is 3.09. The standard InChI is InChI=1S/C10H10O5/c1-15-5-6-2-3-7(9(11)12)8(4-6)10(13)14/h3-5H,2H2,1H3,(H,11,12)(H,13,14). The molecule has 15 heavy (non-hydrogen) atoms. The maximum absolute atomic E-state index is 10.8. The smallest absolute Gasteiger partial charge is 0.336 e. The van der Waals surface area contributed by atoms with Crippen molar-refractivity contribution in [3.05, 3.63) is 35.1 Å². The normalized spacial score (nSPS) is 18.1. The number of ether oxygens (including phenoxy) is 1. The third-order valence-electron chi connectivity index (χ3n) is 1.89. The van der Waals surface area contributed by atoms with Gasteiger partial charge in [0, 0.05) is 0 Å². The topological polar surface area (TPSA) is 83.8 Å². The molecule has 0 aromatic heterocycles. The fraction of sp³-hybridized carbons (Fsp3) is 0.200. The van der Waals surface area contributed by atoms with Gasteiger partial charge in [-0.3, -0.25) is 0 Å². The van der Waals surface area contributed by atoms with E-state index in [1.54, 1.807) is 0 Å². The molecule has 1 aliphatic rings. The number of allylic oxidation sites excluding steroid dienone is 3. The fourth-order valence-corrected chi connectivity index (χ4v) is 1.26. The summed E-state index contributed by atoms with van der Waals surface area (Å²) in [6, 6.07) is 0. The van der Waals surface area contributed by atoms with Crippen LogP contribution < -0.4 is 0 Å². The fourth-order valence-electron chi connectivity index (χ4n) is 1.26. The number of carboxylic acid groups (broad SMARTS) is 2. The van der Waals surface area contributed by atoms with Crippen LogP contribution in [0.1, 0.15) is 6.42 Å². The highest BCUT2D eigenvalue weighted by Crippen LogP contribution is 2.22. The van der Waals surface area contributed by atoms with Crippen LogP contribution in [-0.4, -0.2) is 29.3 Å². The van der Waals surface area contributed by atoms with Crippen LogP contribution in [0.5, 0.6) is 0 Å². The molecule has 0 saturated heterocycles. The van der Waals surface area contributed by atoms with Gasteiger partial charge in [0.1, 0.15) is 0 Å². The van der Waals surface area contributed by atoms with Gasteiger partial charge in [0.25, 0.3) is 0 Å². The Kier molecular flexibility index (Phi) is 3.28. The van der Waals surface area contributed by atoms with Gasteiger partial charge in [-0.1, -0.05) is 6.08 Å². The Labute approximate surface area is 86.0 Å². The molecular weight excluding hydrogens is 200 g/mol. The van der Waals surface area contributed by atoms with Crippen LogP contribution in [0, 0.1) is 0 Å². The number of hydrogen-bond donors (Lipinski definition) is 2. The molecule has 1 rings (SSSR count). The predicted molar refractivity (Wildman–Crippen MR) is 51.1 cm³/mol. The molecule has 5 nitrogen and oxygen atoms in total. The molecule has 0 atom stereocenters. The van der Waals surface area contributed by atoms with Crippen LogP contribution in [0.15, 0.2) is 35.1 Å². The Bertz CT molecular complexity index is 387. The van der Waals surface area contributed by atoms with E-state index in [2.05, 4.69) is 0 Å². The number of carbonyl (C=O) groups is 2. The van der Waals surface area contributed by atoms with Crippen LogP contribution in [0.25, 0.3) is 0 Å². The lowest BCUT2D eigenvalue weighted by Crippen LogP contribution is -2.14. The van der Waals surface area contributed by atoms with Crippen molar-refractivity contribution in [2.75, 3.05) is 7.11 Å². The highest BCUT2D eigenvalue weighted by molar-refractivity contribution is 6.06. The van der Waals surface area contributed by atoms with E-state index in [1.165, 1.54) is 25.5 Å². The Hall–Kier alpha value is -2.04. The summed E-state index contributed by atoms with van der Waals surface area (Å²) in [6.07, 6.45) is 4.40. The third-order valence-corrected chi connectivity index (χ3v) is 1.89. The number of rotatable bonds is 3. The molecular formula is C10H10O5. The highest BCUT2D eigenvalue weighted by Gasteiger charge is 2.22. The zero-order chi connectivity index (χ0) is 11.4. The number of methoxy groups -OCH3 is 1. The number of carboxylic acids is 2. The minimum absolute atomic E-state index is 0.184. The van der Waals surface area contributed by atoms with Gasteiger partial charge >= 0.3 is 11.9 Å². The van der Waals surface area contributed by atoms with Crippen molar-refractivity contribution in [3.63, 3.8) is 0 Å². The van der Waals surface area contributed by atoms with Crippen LogP contribution >= 0.6 is 0 Å². The molecule has 0 unspecified atom stereocenters. The zero-order valence-corrected chi connectivity index (χ0v) is 8.06. The van der Waals surface area contributed by atoms with Crippen molar-refractivity contribution in [1.29, 1.82) is 0 Å². The lowest BCUT2D eigenvalue weighted by atomic mass is 9.95. The largest absolute Gasteiger partial charge is 0.504 e. The minimum Gasteiger partial charge on any atom is -0.504 e. The van der Waals surface area contributed by atoms with Crippen LogP contribution in [0.2, 0.25) is 0 Å². The molecule has 0 heterocycles. The summed E-state index contributed by atoms with van der Waals surface area (Å²) in [6.45, 7) is 0. The van der Waals surface area contributed by atoms with E-state index in [4.69, 9.17) is 14.9 Å². The van der Waals surface area contributed by atoms with Crippen molar-refractivity contribution >= 4 is 11.9 Å². The molecule has 80 valence electrons. The van der Waals surface area contributed by atoms with Gasteiger partial charge in [-0.15, -0.1) is 0 Å². The lowest BCUT2D eigenvalue weighted by molar-refractivity contribution is -0.136. The SMILES string of the molecule is COC=C1C=C(C(=O)O)C(C(=O)O)=CC1. The van der Waals surface area contributed by atoms with Crippen molar-refractivity contribution in [1.82, 2.24) is 0 Å². The van der Waals surface area contributed by atoms with Crippen LogP contribution in [0.3, 0.4) is 0 Å². The van der Waals surface area contributed by atoms with E-state index < -0.39 is 11.9 Å². The summed E-state index contributed by atoms with van der Waals surface area (Å²) >= 11 is 0. The van der Waals surface area contributed by atoms with Gasteiger partial charge < -0.3 is 14.9 Å². The summed E-state index contributed by atoms with van der Waals surface area (Å²) < 4.78 is 4.73. The van der Waals surface area contributed by atoms with Crippen LogP contribution in [0.4, 0.5) is 0 Å². The molecule has 0 spiro atoms. The van der Waals surface area contributed by atoms with Gasteiger partial charge in [0.2, 0.25) is 0 Å². The van der Waals surface area contributed by atoms with Gasteiger partial charge in [0.05, 0.1) is 24.5 Å². The maximum Gasteiger partial charge on any atom is 0.336 e. The molecule has 0 amide bonds.